The Hall–Kier alpha value is -2.92. The van der Waals surface area contributed by atoms with Crippen LogP contribution in [-0.2, 0) is 5.54 Å². The molecule has 32 heavy (non-hydrogen) atoms. The van der Waals surface area contributed by atoms with Crippen molar-refractivity contribution >= 4 is 22.5 Å². The number of aromatic nitrogens is 1. The van der Waals surface area contributed by atoms with E-state index < -0.39 is 0 Å². The largest absolute Gasteiger partial charge is 0.370 e. The standard InChI is InChI=1S/C27H32N4O/c1-19-10-11-20(31-16-6-7-21(18-31)30(2)3)17-23(19)26(32)29-27(13-14-27)24-12-15-28-25-9-5-4-8-22(24)25/h4-5,8-12,15,17,21H,6-7,13-14,16,18H2,1-3H3,(H,29,32). The summed E-state index contributed by atoms with van der Waals surface area (Å²) in [6.45, 7) is 4.07. The van der Waals surface area contributed by atoms with Gasteiger partial charge in [0.15, 0.2) is 0 Å². The first kappa shape index (κ1) is 21.0. The predicted octanol–water partition coefficient (Wildman–Crippen LogP) is 4.49. The van der Waals surface area contributed by atoms with E-state index >= 15 is 0 Å². The molecule has 3 aromatic rings. The summed E-state index contributed by atoms with van der Waals surface area (Å²) in [6, 6.07) is 17.1. The number of amides is 1. The van der Waals surface area contributed by atoms with Crippen LogP contribution in [0.5, 0.6) is 0 Å². The van der Waals surface area contributed by atoms with Gasteiger partial charge in [-0.25, -0.2) is 0 Å². The van der Waals surface area contributed by atoms with Gasteiger partial charge in [0.25, 0.3) is 5.91 Å². The number of fused-ring (bicyclic) bond motifs is 1. The van der Waals surface area contributed by atoms with Gasteiger partial charge in [-0.3, -0.25) is 9.78 Å². The van der Waals surface area contributed by atoms with E-state index in [0.717, 1.165) is 53.6 Å². The number of anilines is 1. The normalized spacial score (nSPS) is 19.9. The first-order chi connectivity index (χ1) is 15.5. The fourth-order valence-corrected chi connectivity index (χ4v) is 5.05. The smallest absolute Gasteiger partial charge is 0.252 e. The molecule has 2 aromatic carbocycles. The molecule has 0 spiro atoms. The maximum absolute atomic E-state index is 13.5. The summed E-state index contributed by atoms with van der Waals surface area (Å²) in [5.41, 5.74) is 4.80. The molecule has 1 saturated carbocycles. The van der Waals surface area contributed by atoms with Crippen LogP contribution in [0.25, 0.3) is 10.9 Å². The van der Waals surface area contributed by atoms with Gasteiger partial charge in [-0.2, -0.15) is 0 Å². The van der Waals surface area contributed by atoms with Crippen molar-refractivity contribution in [3.8, 4) is 0 Å². The molecular weight excluding hydrogens is 396 g/mol. The third-order valence-electron chi connectivity index (χ3n) is 7.23. The van der Waals surface area contributed by atoms with Crippen molar-refractivity contribution in [3.05, 3.63) is 71.4 Å². The van der Waals surface area contributed by atoms with Gasteiger partial charge in [0.05, 0.1) is 11.1 Å². The fraction of sp³-hybridized carbons (Fsp3) is 0.407. The molecule has 1 amide bonds. The van der Waals surface area contributed by atoms with Crippen LogP contribution in [0.3, 0.4) is 0 Å². The number of piperidine rings is 1. The SMILES string of the molecule is Cc1ccc(N2CCCC(N(C)C)C2)cc1C(=O)NC1(c2ccnc3ccccc23)CC1. The molecule has 1 saturated heterocycles. The minimum Gasteiger partial charge on any atom is -0.370 e. The lowest BCUT2D eigenvalue weighted by Crippen LogP contribution is -2.45. The predicted molar refractivity (Wildman–Crippen MR) is 130 cm³/mol. The second-order valence-electron chi connectivity index (χ2n) is 9.62. The molecule has 0 bridgehead atoms. The number of likely N-dealkylation sites (N-methyl/N-ethyl adjacent to an activating group) is 1. The molecule has 1 aliphatic heterocycles. The number of para-hydroxylation sites is 1. The summed E-state index contributed by atoms with van der Waals surface area (Å²) in [5, 5.41) is 4.52. The molecule has 2 fully saturated rings. The van der Waals surface area contributed by atoms with Gasteiger partial charge in [0, 0.05) is 42.0 Å². The number of nitrogens with zero attached hydrogens (tertiary/aromatic N) is 3. The zero-order valence-electron chi connectivity index (χ0n) is 19.3. The zero-order valence-corrected chi connectivity index (χ0v) is 19.3. The Morgan fingerprint density at radius 2 is 1.97 bits per heavy atom. The quantitative estimate of drug-likeness (QED) is 0.650. The van der Waals surface area contributed by atoms with E-state index in [1.165, 1.54) is 18.4 Å². The van der Waals surface area contributed by atoms with Gasteiger partial charge in [-0.05, 0) is 82.1 Å². The highest BCUT2D eigenvalue weighted by Crippen LogP contribution is 2.48. The number of aryl methyl sites for hydroxylation is 1. The molecule has 166 valence electrons. The lowest BCUT2D eigenvalue weighted by molar-refractivity contribution is 0.0930. The second kappa shape index (κ2) is 8.21. The van der Waals surface area contributed by atoms with E-state index in [-0.39, 0.29) is 11.4 Å². The highest BCUT2D eigenvalue weighted by Gasteiger charge is 2.47. The summed E-state index contributed by atoms with van der Waals surface area (Å²) in [5.74, 6) is 0.0175. The van der Waals surface area contributed by atoms with Crippen molar-refractivity contribution in [2.75, 3.05) is 32.1 Å². The highest BCUT2D eigenvalue weighted by atomic mass is 16.1. The van der Waals surface area contributed by atoms with E-state index in [1.54, 1.807) is 0 Å². The monoisotopic (exact) mass is 428 g/mol. The number of carbonyl (C=O) groups excluding carboxylic acids is 1. The number of pyridine rings is 1. The lowest BCUT2D eigenvalue weighted by Gasteiger charge is -2.37. The third kappa shape index (κ3) is 3.86. The van der Waals surface area contributed by atoms with Gasteiger partial charge >= 0.3 is 0 Å². The molecular formula is C27H32N4O. The Labute approximate surface area is 190 Å². The molecule has 1 N–H and O–H groups in total. The van der Waals surface area contributed by atoms with E-state index in [0.29, 0.717) is 6.04 Å². The van der Waals surface area contributed by atoms with E-state index in [4.69, 9.17) is 0 Å². The number of rotatable bonds is 5. The lowest BCUT2D eigenvalue weighted by atomic mass is 9.98. The van der Waals surface area contributed by atoms with Crippen molar-refractivity contribution in [3.63, 3.8) is 0 Å². The minimum atomic E-state index is -0.288. The highest BCUT2D eigenvalue weighted by molar-refractivity contribution is 5.98. The van der Waals surface area contributed by atoms with Gasteiger partial charge in [0.1, 0.15) is 0 Å². The fourth-order valence-electron chi connectivity index (χ4n) is 5.05. The van der Waals surface area contributed by atoms with Crippen LogP contribution in [0.4, 0.5) is 5.69 Å². The molecule has 1 aliphatic carbocycles. The summed E-state index contributed by atoms with van der Waals surface area (Å²) in [4.78, 5) is 22.7. The number of benzene rings is 2. The maximum Gasteiger partial charge on any atom is 0.252 e. The molecule has 1 unspecified atom stereocenters. The Kier molecular flexibility index (Phi) is 5.38. The maximum atomic E-state index is 13.5. The van der Waals surface area contributed by atoms with Crippen LogP contribution < -0.4 is 10.2 Å². The van der Waals surface area contributed by atoms with Gasteiger partial charge in [-0.1, -0.05) is 24.3 Å². The molecule has 1 atom stereocenters. The number of hydrogen-bond acceptors (Lipinski definition) is 4. The number of hydrogen-bond donors (Lipinski definition) is 1. The van der Waals surface area contributed by atoms with Crippen molar-refractivity contribution in [1.82, 2.24) is 15.2 Å². The van der Waals surface area contributed by atoms with Crippen LogP contribution in [0.2, 0.25) is 0 Å². The second-order valence-corrected chi connectivity index (χ2v) is 9.62. The van der Waals surface area contributed by atoms with Crippen LogP contribution in [0.15, 0.2) is 54.7 Å². The first-order valence-electron chi connectivity index (χ1n) is 11.7. The minimum absolute atomic E-state index is 0.0175. The van der Waals surface area contributed by atoms with Crippen molar-refractivity contribution in [2.24, 2.45) is 0 Å². The zero-order chi connectivity index (χ0) is 22.3. The molecule has 5 nitrogen and oxygen atoms in total. The molecule has 5 heteroatoms. The average Bonchev–Trinajstić information content (AvgIpc) is 3.59. The molecule has 2 aliphatic rings. The summed E-state index contributed by atoms with van der Waals surface area (Å²) in [6.07, 6.45) is 6.18. The Bertz CT molecular complexity index is 1150. The van der Waals surface area contributed by atoms with E-state index in [1.807, 2.05) is 31.3 Å². The van der Waals surface area contributed by atoms with Crippen LogP contribution in [0.1, 0.15) is 47.2 Å². The Balaban J connectivity index is 1.41. The van der Waals surface area contributed by atoms with Crippen molar-refractivity contribution in [1.29, 1.82) is 0 Å². The van der Waals surface area contributed by atoms with Crippen LogP contribution >= 0.6 is 0 Å². The summed E-state index contributed by atoms with van der Waals surface area (Å²) >= 11 is 0. The topological polar surface area (TPSA) is 48.5 Å². The third-order valence-corrected chi connectivity index (χ3v) is 7.23. The molecule has 1 aromatic heterocycles. The van der Waals surface area contributed by atoms with Crippen LogP contribution in [-0.4, -0.2) is 49.0 Å². The Morgan fingerprint density at radius 1 is 1.16 bits per heavy atom. The van der Waals surface area contributed by atoms with Gasteiger partial charge in [0.2, 0.25) is 0 Å². The summed E-state index contributed by atoms with van der Waals surface area (Å²) in [7, 11) is 4.31. The number of nitrogens with one attached hydrogen (secondary N) is 1. The Morgan fingerprint density at radius 3 is 2.75 bits per heavy atom. The van der Waals surface area contributed by atoms with Crippen LogP contribution in [0, 0.1) is 6.92 Å². The molecule has 0 radical (unpaired) electrons. The van der Waals surface area contributed by atoms with Crippen molar-refractivity contribution in [2.45, 2.75) is 44.2 Å². The van der Waals surface area contributed by atoms with E-state index in [2.05, 4.69) is 64.5 Å². The van der Waals surface area contributed by atoms with Gasteiger partial charge in [-0.15, -0.1) is 0 Å². The van der Waals surface area contributed by atoms with Crippen molar-refractivity contribution < 1.29 is 4.79 Å². The number of carbonyl (C=O) groups is 1. The first-order valence-corrected chi connectivity index (χ1v) is 11.7. The summed E-state index contributed by atoms with van der Waals surface area (Å²) < 4.78 is 0. The average molecular weight is 429 g/mol. The van der Waals surface area contributed by atoms with E-state index in [9.17, 15) is 4.79 Å². The molecule has 5 rings (SSSR count). The molecule has 2 heterocycles. The van der Waals surface area contributed by atoms with Gasteiger partial charge < -0.3 is 15.1 Å².